The molecule has 1 fully saturated rings. The largest absolute Gasteiger partial charge is 0.334 e. The molecule has 1 atom stereocenters. The zero-order valence-corrected chi connectivity index (χ0v) is 13.8. The SMILES string of the molecule is CNCC1CCCN1C(=O)c1cc(Cl)ccc1Br.Cl. The minimum absolute atomic E-state index is 0. The molecule has 0 saturated carbocycles. The number of likely N-dealkylation sites (tertiary alicyclic amines) is 1. The second kappa shape index (κ2) is 7.48. The molecule has 0 spiro atoms. The van der Waals surface area contributed by atoms with Crippen LogP contribution in [0.15, 0.2) is 22.7 Å². The van der Waals surface area contributed by atoms with E-state index in [1.54, 1.807) is 12.1 Å². The number of benzene rings is 1. The zero-order valence-electron chi connectivity index (χ0n) is 10.7. The summed E-state index contributed by atoms with van der Waals surface area (Å²) in [6.45, 7) is 1.66. The summed E-state index contributed by atoms with van der Waals surface area (Å²) < 4.78 is 0.798. The number of likely N-dealkylation sites (N-methyl/N-ethyl adjacent to an activating group) is 1. The van der Waals surface area contributed by atoms with Gasteiger partial charge in [0.2, 0.25) is 0 Å². The first-order valence-electron chi connectivity index (χ1n) is 6.04. The number of hydrogen-bond donors (Lipinski definition) is 1. The van der Waals surface area contributed by atoms with E-state index in [-0.39, 0.29) is 24.4 Å². The molecule has 1 heterocycles. The Balaban J connectivity index is 0.00000180. The lowest BCUT2D eigenvalue weighted by atomic mass is 10.1. The first-order chi connectivity index (χ1) is 8.63. The van der Waals surface area contributed by atoms with Crippen LogP contribution in [0.3, 0.4) is 0 Å². The maximum atomic E-state index is 12.5. The summed E-state index contributed by atoms with van der Waals surface area (Å²) in [5.74, 6) is 0.0575. The third-order valence-electron chi connectivity index (χ3n) is 3.24. The van der Waals surface area contributed by atoms with E-state index < -0.39 is 0 Å². The lowest BCUT2D eigenvalue weighted by Gasteiger charge is -2.25. The van der Waals surface area contributed by atoms with Gasteiger partial charge in [-0.2, -0.15) is 0 Å². The maximum absolute atomic E-state index is 12.5. The number of hydrogen-bond acceptors (Lipinski definition) is 2. The van der Waals surface area contributed by atoms with E-state index in [9.17, 15) is 4.79 Å². The van der Waals surface area contributed by atoms with Crippen molar-refractivity contribution < 1.29 is 4.79 Å². The molecule has 0 aliphatic carbocycles. The van der Waals surface area contributed by atoms with Crippen LogP contribution in [-0.2, 0) is 0 Å². The fourth-order valence-corrected chi connectivity index (χ4v) is 2.96. The van der Waals surface area contributed by atoms with Crippen molar-refractivity contribution in [2.75, 3.05) is 20.1 Å². The van der Waals surface area contributed by atoms with Crippen LogP contribution >= 0.6 is 39.9 Å². The highest BCUT2D eigenvalue weighted by Gasteiger charge is 2.29. The Labute approximate surface area is 133 Å². The molecule has 6 heteroatoms. The number of halogens is 3. The van der Waals surface area contributed by atoms with Crippen LogP contribution in [-0.4, -0.2) is 37.0 Å². The maximum Gasteiger partial charge on any atom is 0.255 e. The van der Waals surface area contributed by atoms with Crippen molar-refractivity contribution in [1.82, 2.24) is 10.2 Å². The normalized spacial score (nSPS) is 18.3. The van der Waals surface area contributed by atoms with Gasteiger partial charge in [-0.25, -0.2) is 0 Å². The van der Waals surface area contributed by atoms with Gasteiger partial charge in [-0.15, -0.1) is 12.4 Å². The van der Waals surface area contributed by atoms with Gasteiger partial charge in [-0.3, -0.25) is 4.79 Å². The molecule has 0 bridgehead atoms. The molecular weight excluding hydrogens is 351 g/mol. The van der Waals surface area contributed by atoms with Crippen LogP contribution < -0.4 is 5.32 Å². The summed E-state index contributed by atoms with van der Waals surface area (Å²) in [6.07, 6.45) is 2.13. The van der Waals surface area contributed by atoms with Crippen LogP contribution in [0.2, 0.25) is 5.02 Å². The van der Waals surface area contributed by atoms with Gasteiger partial charge in [-0.05, 0) is 54.0 Å². The van der Waals surface area contributed by atoms with Gasteiger partial charge >= 0.3 is 0 Å². The zero-order chi connectivity index (χ0) is 13.1. The van der Waals surface area contributed by atoms with Crippen LogP contribution in [0, 0.1) is 0 Å². The Morgan fingerprint density at radius 3 is 3.00 bits per heavy atom. The number of carbonyl (C=O) groups is 1. The first-order valence-corrected chi connectivity index (χ1v) is 7.21. The van der Waals surface area contributed by atoms with Crippen LogP contribution in [0.1, 0.15) is 23.2 Å². The molecule has 0 aromatic heterocycles. The van der Waals surface area contributed by atoms with Crippen molar-refractivity contribution in [3.8, 4) is 0 Å². The number of rotatable bonds is 3. The van der Waals surface area contributed by atoms with Crippen molar-refractivity contribution in [2.24, 2.45) is 0 Å². The van der Waals surface area contributed by atoms with Crippen molar-refractivity contribution in [3.63, 3.8) is 0 Å². The summed E-state index contributed by atoms with van der Waals surface area (Å²) in [5, 5.41) is 3.73. The molecule has 1 aromatic carbocycles. The second-order valence-electron chi connectivity index (χ2n) is 4.48. The molecule has 106 valence electrons. The second-order valence-corrected chi connectivity index (χ2v) is 5.77. The minimum atomic E-state index is 0. The molecule has 19 heavy (non-hydrogen) atoms. The van der Waals surface area contributed by atoms with E-state index in [1.807, 2.05) is 18.0 Å². The van der Waals surface area contributed by atoms with Gasteiger partial charge in [0.15, 0.2) is 0 Å². The van der Waals surface area contributed by atoms with E-state index in [2.05, 4.69) is 21.2 Å². The van der Waals surface area contributed by atoms with E-state index >= 15 is 0 Å². The molecule has 1 unspecified atom stereocenters. The lowest BCUT2D eigenvalue weighted by Crippen LogP contribution is -2.40. The van der Waals surface area contributed by atoms with Gasteiger partial charge < -0.3 is 10.2 Å². The van der Waals surface area contributed by atoms with Gasteiger partial charge in [0.05, 0.1) is 5.56 Å². The Morgan fingerprint density at radius 2 is 2.32 bits per heavy atom. The summed E-state index contributed by atoms with van der Waals surface area (Å²) in [6, 6.07) is 5.60. The van der Waals surface area contributed by atoms with E-state index in [0.717, 1.165) is 30.4 Å². The molecule has 1 amide bonds. The molecule has 3 nitrogen and oxygen atoms in total. The average molecular weight is 368 g/mol. The monoisotopic (exact) mass is 366 g/mol. The fraction of sp³-hybridized carbons (Fsp3) is 0.462. The molecule has 1 aliphatic rings. The fourth-order valence-electron chi connectivity index (χ4n) is 2.37. The van der Waals surface area contributed by atoms with Crippen LogP contribution in [0.4, 0.5) is 0 Å². The van der Waals surface area contributed by atoms with Crippen LogP contribution in [0.5, 0.6) is 0 Å². The third-order valence-corrected chi connectivity index (χ3v) is 4.16. The van der Waals surface area contributed by atoms with Gasteiger partial charge in [0, 0.05) is 28.6 Å². The topological polar surface area (TPSA) is 32.3 Å². The molecule has 0 radical (unpaired) electrons. The Kier molecular flexibility index (Phi) is 6.60. The summed E-state index contributed by atoms with van der Waals surface area (Å²) in [5.41, 5.74) is 0.644. The Bertz CT molecular complexity index is 456. The van der Waals surface area contributed by atoms with Gasteiger partial charge in [0.1, 0.15) is 0 Å². The molecule has 1 saturated heterocycles. The van der Waals surface area contributed by atoms with E-state index in [0.29, 0.717) is 10.6 Å². The smallest absolute Gasteiger partial charge is 0.255 e. The summed E-state index contributed by atoms with van der Waals surface area (Å²) in [4.78, 5) is 14.5. The van der Waals surface area contributed by atoms with Crippen molar-refractivity contribution >= 4 is 45.8 Å². The average Bonchev–Trinajstić information content (AvgIpc) is 2.80. The first kappa shape index (κ1) is 16.8. The predicted molar refractivity (Wildman–Crippen MR) is 84.4 cm³/mol. The summed E-state index contributed by atoms with van der Waals surface area (Å²) >= 11 is 9.38. The Morgan fingerprint density at radius 1 is 1.58 bits per heavy atom. The highest BCUT2D eigenvalue weighted by Crippen LogP contribution is 2.26. The molecule has 1 aromatic rings. The van der Waals surface area contributed by atoms with Gasteiger partial charge in [-0.1, -0.05) is 11.6 Å². The summed E-state index contributed by atoms with van der Waals surface area (Å²) in [7, 11) is 1.91. The highest BCUT2D eigenvalue weighted by molar-refractivity contribution is 9.10. The standard InChI is InChI=1S/C13H16BrClN2O.ClH/c1-16-8-10-3-2-6-17(10)13(18)11-7-9(15)4-5-12(11)14;/h4-5,7,10,16H,2-3,6,8H2,1H3;1H. The van der Waals surface area contributed by atoms with E-state index in [1.165, 1.54) is 0 Å². The Hall–Kier alpha value is -0.290. The molecule has 1 aliphatic heterocycles. The molecule has 2 rings (SSSR count). The number of amides is 1. The van der Waals surface area contributed by atoms with Crippen LogP contribution in [0.25, 0.3) is 0 Å². The van der Waals surface area contributed by atoms with E-state index in [4.69, 9.17) is 11.6 Å². The number of nitrogens with one attached hydrogen (secondary N) is 1. The number of carbonyl (C=O) groups excluding carboxylic acids is 1. The minimum Gasteiger partial charge on any atom is -0.334 e. The quantitative estimate of drug-likeness (QED) is 0.888. The molecule has 1 N–H and O–H groups in total. The van der Waals surface area contributed by atoms with Gasteiger partial charge in [0.25, 0.3) is 5.91 Å². The predicted octanol–water partition coefficient (Wildman–Crippen LogP) is 3.35. The third kappa shape index (κ3) is 3.85. The lowest BCUT2D eigenvalue weighted by molar-refractivity contribution is 0.0736. The molecular formula is C13H17BrCl2N2O. The highest BCUT2D eigenvalue weighted by atomic mass is 79.9. The van der Waals surface area contributed by atoms with Crippen molar-refractivity contribution in [1.29, 1.82) is 0 Å². The number of nitrogens with zero attached hydrogens (tertiary/aromatic N) is 1. The van der Waals surface area contributed by atoms with Crippen molar-refractivity contribution in [2.45, 2.75) is 18.9 Å². The van der Waals surface area contributed by atoms with Crippen molar-refractivity contribution in [3.05, 3.63) is 33.3 Å².